The molecule has 1 amide bonds. The van der Waals surface area contributed by atoms with Gasteiger partial charge in [-0.15, -0.1) is 10.2 Å². The van der Waals surface area contributed by atoms with Crippen molar-refractivity contribution in [1.29, 1.82) is 0 Å². The first kappa shape index (κ1) is 20.2. The third-order valence-electron chi connectivity index (χ3n) is 4.45. The fourth-order valence-corrected chi connectivity index (χ4v) is 3.65. The summed E-state index contributed by atoms with van der Waals surface area (Å²) in [5.41, 5.74) is 2.21. The van der Waals surface area contributed by atoms with E-state index >= 15 is 0 Å². The number of carbonyl (C=O) groups is 1. The zero-order chi connectivity index (χ0) is 21.6. The molecule has 1 aromatic heterocycles. The normalized spacial score (nSPS) is 10.5. The van der Waals surface area contributed by atoms with Crippen LogP contribution in [0.4, 0.5) is 16.5 Å². The molecule has 3 aromatic carbocycles. The van der Waals surface area contributed by atoms with Crippen LogP contribution in [0.2, 0.25) is 0 Å². The largest absolute Gasteiger partial charge is 0.375 e. The van der Waals surface area contributed by atoms with Crippen molar-refractivity contribution in [2.24, 2.45) is 0 Å². The molecule has 8 nitrogen and oxygen atoms in total. The van der Waals surface area contributed by atoms with Crippen LogP contribution < -0.4 is 10.6 Å². The fourth-order valence-electron chi connectivity index (χ4n) is 2.91. The molecule has 31 heavy (non-hydrogen) atoms. The zero-order valence-corrected chi connectivity index (χ0v) is 17.0. The summed E-state index contributed by atoms with van der Waals surface area (Å²) in [6.07, 6.45) is 0. The lowest BCUT2D eigenvalue weighted by molar-refractivity contribution is -0.384. The zero-order valence-electron chi connectivity index (χ0n) is 16.2. The molecule has 0 aliphatic rings. The molecule has 0 saturated carbocycles. The van der Waals surface area contributed by atoms with Gasteiger partial charge in [-0.2, -0.15) is 0 Å². The minimum atomic E-state index is -0.511. The van der Waals surface area contributed by atoms with Gasteiger partial charge in [0.15, 0.2) is 0 Å². The lowest BCUT2D eigenvalue weighted by Crippen LogP contribution is -2.12. The van der Waals surface area contributed by atoms with Crippen LogP contribution in [0.5, 0.6) is 0 Å². The first-order valence-electron chi connectivity index (χ1n) is 9.36. The van der Waals surface area contributed by atoms with Gasteiger partial charge in [0.2, 0.25) is 5.13 Å². The maximum absolute atomic E-state index is 12.6. The van der Waals surface area contributed by atoms with Crippen LogP contribution in [0.15, 0.2) is 78.9 Å². The molecular weight excluding hydrogens is 414 g/mol. The molecule has 0 radical (unpaired) electrons. The SMILES string of the molecule is O=C(Nc1nnc(-c2ccccc2)s1)c1ccc(NCc2ccccc2)c([N+](=O)[O-])c1. The van der Waals surface area contributed by atoms with Crippen LogP contribution in [0.1, 0.15) is 15.9 Å². The molecular formula is C22H17N5O3S. The van der Waals surface area contributed by atoms with Gasteiger partial charge in [-0.3, -0.25) is 20.2 Å². The molecule has 0 aliphatic heterocycles. The highest BCUT2D eigenvalue weighted by atomic mass is 32.1. The number of carbonyl (C=O) groups excluding carboxylic acids is 1. The Morgan fingerprint density at radius 3 is 2.39 bits per heavy atom. The molecule has 9 heteroatoms. The number of amides is 1. The molecule has 0 aliphatic carbocycles. The summed E-state index contributed by atoms with van der Waals surface area (Å²) < 4.78 is 0. The lowest BCUT2D eigenvalue weighted by atomic mass is 10.1. The predicted molar refractivity (Wildman–Crippen MR) is 120 cm³/mol. The highest BCUT2D eigenvalue weighted by Crippen LogP contribution is 2.28. The van der Waals surface area contributed by atoms with E-state index in [-0.39, 0.29) is 11.3 Å². The molecule has 0 fully saturated rings. The van der Waals surface area contributed by atoms with Gasteiger partial charge >= 0.3 is 0 Å². The second kappa shape index (κ2) is 9.14. The van der Waals surface area contributed by atoms with E-state index < -0.39 is 10.8 Å². The standard InChI is InChI=1S/C22H17N5O3S/c28-20(24-22-26-25-21(31-22)16-9-5-2-6-10-16)17-11-12-18(19(13-17)27(29)30)23-14-15-7-3-1-4-8-15/h1-13,23H,14H2,(H,24,26,28). The molecule has 0 spiro atoms. The van der Waals surface area contributed by atoms with Crippen LogP contribution in [-0.4, -0.2) is 21.0 Å². The number of benzene rings is 3. The maximum Gasteiger partial charge on any atom is 0.293 e. The second-order valence-corrected chi connectivity index (χ2v) is 7.54. The average Bonchev–Trinajstić information content (AvgIpc) is 3.27. The quantitative estimate of drug-likeness (QED) is 0.315. The minimum Gasteiger partial charge on any atom is -0.375 e. The van der Waals surface area contributed by atoms with Crippen LogP contribution in [-0.2, 0) is 6.54 Å². The number of nitrogens with zero attached hydrogens (tertiary/aromatic N) is 3. The van der Waals surface area contributed by atoms with Gasteiger partial charge in [-0.1, -0.05) is 72.0 Å². The molecule has 154 valence electrons. The Balaban J connectivity index is 1.49. The highest BCUT2D eigenvalue weighted by Gasteiger charge is 2.19. The van der Waals surface area contributed by atoms with Crippen molar-refractivity contribution in [2.75, 3.05) is 10.6 Å². The van der Waals surface area contributed by atoms with Crippen molar-refractivity contribution < 1.29 is 9.72 Å². The van der Waals surface area contributed by atoms with Crippen LogP contribution in [0.3, 0.4) is 0 Å². The molecule has 0 saturated heterocycles. The Morgan fingerprint density at radius 2 is 1.68 bits per heavy atom. The lowest BCUT2D eigenvalue weighted by Gasteiger charge is -2.09. The van der Waals surface area contributed by atoms with Crippen molar-refractivity contribution in [2.45, 2.75) is 6.54 Å². The Kier molecular flexibility index (Phi) is 5.95. The van der Waals surface area contributed by atoms with E-state index in [9.17, 15) is 14.9 Å². The van der Waals surface area contributed by atoms with Crippen molar-refractivity contribution in [3.63, 3.8) is 0 Å². The van der Waals surface area contributed by atoms with Crippen LogP contribution in [0, 0.1) is 10.1 Å². The van der Waals surface area contributed by atoms with Crippen molar-refractivity contribution in [3.8, 4) is 10.6 Å². The van der Waals surface area contributed by atoms with Gasteiger partial charge < -0.3 is 5.32 Å². The Bertz CT molecular complexity index is 1210. The molecule has 0 unspecified atom stereocenters. The molecule has 1 heterocycles. The topological polar surface area (TPSA) is 110 Å². The second-order valence-electron chi connectivity index (χ2n) is 6.56. The summed E-state index contributed by atoms with van der Waals surface area (Å²) >= 11 is 1.23. The van der Waals surface area contributed by atoms with Gasteiger partial charge in [0.1, 0.15) is 10.7 Å². The third-order valence-corrected chi connectivity index (χ3v) is 5.34. The summed E-state index contributed by atoms with van der Waals surface area (Å²) in [4.78, 5) is 23.6. The van der Waals surface area contributed by atoms with E-state index in [1.54, 1.807) is 0 Å². The van der Waals surface area contributed by atoms with Gasteiger partial charge in [0.05, 0.1) is 4.92 Å². The highest BCUT2D eigenvalue weighted by molar-refractivity contribution is 7.18. The summed E-state index contributed by atoms with van der Waals surface area (Å²) in [5, 5.41) is 26.3. The number of hydrogen-bond donors (Lipinski definition) is 2. The first-order chi connectivity index (χ1) is 15.1. The predicted octanol–water partition coefficient (Wildman–Crippen LogP) is 4.98. The Labute approximate surface area is 181 Å². The number of aromatic nitrogens is 2. The fraction of sp³-hybridized carbons (Fsp3) is 0.0455. The van der Waals surface area contributed by atoms with Crippen LogP contribution in [0.25, 0.3) is 10.6 Å². The van der Waals surface area contributed by atoms with Gasteiger partial charge in [0.25, 0.3) is 11.6 Å². The van der Waals surface area contributed by atoms with Crippen molar-refractivity contribution in [1.82, 2.24) is 10.2 Å². The third kappa shape index (κ3) is 4.90. The molecule has 0 atom stereocenters. The monoisotopic (exact) mass is 431 g/mol. The van der Waals surface area contributed by atoms with Gasteiger partial charge in [-0.05, 0) is 17.7 Å². The Hall–Kier alpha value is -4.11. The Morgan fingerprint density at radius 1 is 0.968 bits per heavy atom. The maximum atomic E-state index is 12.6. The summed E-state index contributed by atoms with van der Waals surface area (Å²) in [5.74, 6) is -0.492. The van der Waals surface area contributed by atoms with E-state index in [1.807, 2.05) is 60.7 Å². The van der Waals surface area contributed by atoms with Gasteiger partial charge in [0, 0.05) is 23.7 Å². The molecule has 4 rings (SSSR count). The average molecular weight is 431 g/mol. The first-order valence-corrected chi connectivity index (χ1v) is 10.2. The molecule has 4 aromatic rings. The van der Waals surface area contributed by atoms with E-state index in [0.29, 0.717) is 22.4 Å². The van der Waals surface area contributed by atoms with E-state index in [1.165, 1.54) is 29.5 Å². The van der Waals surface area contributed by atoms with E-state index in [0.717, 1.165) is 11.1 Å². The van der Waals surface area contributed by atoms with Crippen molar-refractivity contribution >= 4 is 33.8 Å². The van der Waals surface area contributed by atoms with Crippen LogP contribution >= 0.6 is 11.3 Å². The summed E-state index contributed by atoms with van der Waals surface area (Å²) in [7, 11) is 0. The van der Waals surface area contributed by atoms with Gasteiger partial charge in [-0.25, -0.2) is 0 Å². The summed E-state index contributed by atoms with van der Waals surface area (Å²) in [6.45, 7) is 0.431. The van der Waals surface area contributed by atoms with E-state index in [4.69, 9.17) is 0 Å². The number of nitro groups is 1. The number of rotatable bonds is 7. The van der Waals surface area contributed by atoms with E-state index in [2.05, 4.69) is 20.8 Å². The number of nitrogens with one attached hydrogen (secondary N) is 2. The minimum absolute atomic E-state index is 0.161. The molecule has 0 bridgehead atoms. The smallest absolute Gasteiger partial charge is 0.293 e. The molecule has 2 N–H and O–H groups in total. The van der Waals surface area contributed by atoms with Crippen molar-refractivity contribution in [3.05, 3.63) is 100 Å². The number of anilines is 2. The number of nitro benzene ring substituents is 1. The number of hydrogen-bond acceptors (Lipinski definition) is 7. The summed E-state index contributed by atoms with van der Waals surface area (Å²) in [6, 6.07) is 23.3.